The van der Waals surface area contributed by atoms with Crippen LogP contribution in [0.5, 0.6) is 0 Å². The Morgan fingerprint density at radius 3 is 1.75 bits per heavy atom. The molecular formula is C48H78O20. The smallest absolute Gasteiger partial charge is 0.315 e. The quantitative estimate of drug-likeness (QED) is 0.0645. The average Bonchev–Trinajstić information content (AvgIpc) is 3.29. The SMILES string of the molecule is CC1(C)CC[C@]2(C(=O)O[C@@H]3O[C@H](CO)[C@@H](O)[C@H](O)[C@H]3O)CC[C@]3(C)C(=CC[C@@H]4[C@@]5(C)C[C@H](O)[C@H](O[C@@H]6O[C@H](CO)[C@@H](O)[C@H](O)[C@H]6O[C@@H]6O[C@H](CO)[C@@H](O)[C@H](O)[C@H]6O)[C@@](C)(CO)[C@@H]5CC[C@]43C)[C@@H]2C1. The Balaban J connectivity index is 1.08. The van der Waals surface area contributed by atoms with E-state index in [9.17, 15) is 71.2 Å². The van der Waals surface area contributed by atoms with Crippen LogP contribution in [0.4, 0.5) is 0 Å². The van der Waals surface area contributed by atoms with Crippen molar-refractivity contribution in [1.29, 1.82) is 0 Å². The maximum Gasteiger partial charge on any atom is 0.315 e. The lowest BCUT2D eigenvalue weighted by molar-refractivity contribution is -0.384. The number of hydrogen-bond donors (Lipinski definition) is 13. The molecule has 0 aromatic heterocycles. The summed E-state index contributed by atoms with van der Waals surface area (Å²) >= 11 is 0. The van der Waals surface area contributed by atoms with E-state index in [1.54, 1.807) is 0 Å². The highest BCUT2D eigenvalue weighted by atomic mass is 16.8. The molecule has 3 aliphatic heterocycles. The molecule has 390 valence electrons. The van der Waals surface area contributed by atoms with Crippen molar-refractivity contribution in [3.05, 3.63) is 11.6 Å². The maximum absolute atomic E-state index is 14.7. The van der Waals surface area contributed by atoms with Crippen LogP contribution in [0.2, 0.25) is 0 Å². The van der Waals surface area contributed by atoms with Gasteiger partial charge in [0.25, 0.3) is 0 Å². The van der Waals surface area contributed by atoms with Crippen LogP contribution in [-0.2, 0) is 33.2 Å². The number of aliphatic hydroxyl groups excluding tert-OH is 13. The lowest BCUT2D eigenvalue weighted by Crippen LogP contribution is -2.70. The van der Waals surface area contributed by atoms with E-state index in [4.69, 9.17) is 28.4 Å². The van der Waals surface area contributed by atoms with Crippen molar-refractivity contribution in [1.82, 2.24) is 0 Å². The van der Waals surface area contributed by atoms with Crippen molar-refractivity contribution in [3.8, 4) is 0 Å². The number of ether oxygens (including phenoxy) is 6. The Hall–Kier alpha value is -1.51. The molecule has 0 spiro atoms. The summed E-state index contributed by atoms with van der Waals surface area (Å²) in [6.45, 7) is 10.4. The topological polar surface area (TPSA) is 335 Å². The van der Waals surface area contributed by atoms with Gasteiger partial charge in [0, 0.05) is 5.41 Å². The second kappa shape index (κ2) is 18.8. The fourth-order valence-corrected chi connectivity index (χ4v) is 15.2. The molecule has 68 heavy (non-hydrogen) atoms. The van der Waals surface area contributed by atoms with E-state index >= 15 is 0 Å². The van der Waals surface area contributed by atoms with Crippen molar-refractivity contribution >= 4 is 5.97 Å². The monoisotopic (exact) mass is 975 g/mol. The van der Waals surface area contributed by atoms with Gasteiger partial charge in [-0.05, 0) is 97.2 Å². The number of aliphatic hydroxyl groups is 13. The average molecular weight is 975 g/mol. The zero-order valence-electron chi connectivity index (χ0n) is 40.0. The maximum atomic E-state index is 14.7. The Bertz CT molecular complexity index is 1850. The van der Waals surface area contributed by atoms with E-state index in [1.807, 2.05) is 6.92 Å². The molecule has 0 amide bonds. The normalized spacial score (nSPS) is 54.6. The summed E-state index contributed by atoms with van der Waals surface area (Å²) in [5.41, 5.74) is -2.49. The molecule has 0 radical (unpaired) electrons. The highest BCUT2D eigenvalue weighted by molar-refractivity contribution is 5.79. The number of allylic oxidation sites excluding steroid dienone is 2. The third-order valence-electron chi connectivity index (χ3n) is 19.4. The molecule has 8 aliphatic rings. The van der Waals surface area contributed by atoms with Gasteiger partial charge in [-0.1, -0.05) is 53.2 Å². The summed E-state index contributed by atoms with van der Waals surface area (Å²) < 4.78 is 35.7. The van der Waals surface area contributed by atoms with Crippen LogP contribution in [0, 0.1) is 50.2 Å². The molecule has 8 rings (SSSR count). The molecule has 20 heteroatoms. The van der Waals surface area contributed by atoms with E-state index in [0.717, 1.165) is 6.42 Å². The molecule has 0 unspecified atom stereocenters. The minimum atomic E-state index is -1.88. The predicted molar refractivity (Wildman–Crippen MR) is 233 cm³/mol. The van der Waals surface area contributed by atoms with Gasteiger partial charge >= 0.3 is 5.97 Å². The van der Waals surface area contributed by atoms with Gasteiger partial charge in [-0.3, -0.25) is 4.79 Å². The lowest BCUT2D eigenvalue weighted by atomic mass is 9.33. The van der Waals surface area contributed by atoms with E-state index in [2.05, 4.69) is 40.7 Å². The number of esters is 1. The van der Waals surface area contributed by atoms with E-state index < -0.39 is 158 Å². The van der Waals surface area contributed by atoms with Gasteiger partial charge in [-0.2, -0.15) is 0 Å². The fraction of sp³-hybridized carbons (Fsp3) is 0.938. The first-order valence-corrected chi connectivity index (χ1v) is 24.6. The zero-order valence-corrected chi connectivity index (χ0v) is 40.0. The third-order valence-corrected chi connectivity index (χ3v) is 19.4. The molecule has 3 saturated heterocycles. The Morgan fingerprint density at radius 2 is 1.16 bits per heavy atom. The first-order valence-electron chi connectivity index (χ1n) is 24.6. The van der Waals surface area contributed by atoms with Crippen molar-refractivity contribution < 1.29 is 99.6 Å². The van der Waals surface area contributed by atoms with E-state index in [1.165, 1.54) is 5.57 Å². The first-order chi connectivity index (χ1) is 31.8. The van der Waals surface area contributed by atoms with Crippen LogP contribution in [0.15, 0.2) is 11.6 Å². The van der Waals surface area contributed by atoms with Gasteiger partial charge in [-0.15, -0.1) is 0 Å². The van der Waals surface area contributed by atoms with Gasteiger partial charge in [0.1, 0.15) is 73.2 Å². The van der Waals surface area contributed by atoms with Gasteiger partial charge in [-0.25, -0.2) is 0 Å². The van der Waals surface area contributed by atoms with Crippen LogP contribution in [0.25, 0.3) is 0 Å². The van der Waals surface area contributed by atoms with Gasteiger partial charge in [0.15, 0.2) is 12.6 Å². The highest BCUT2D eigenvalue weighted by Gasteiger charge is 2.71. The number of hydrogen-bond acceptors (Lipinski definition) is 20. The molecule has 7 fully saturated rings. The molecule has 25 atom stereocenters. The van der Waals surface area contributed by atoms with Crippen molar-refractivity contribution in [3.63, 3.8) is 0 Å². The van der Waals surface area contributed by atoms with Gasteiger partial charge in [0.2, 0.25) is 6.29 Å². The van der Waals surface area contributed by atoms with E-state index in [0.29, 0.717) is 44.9 Å². The molecule has 5 aliphatic carbocycles. The summed E-state index contributed by atoms with van der Waals surface area (Å²) in [5.74, 6) is -1.08. The summed E-state index contributed by atoms with van der Waals surface area (Å²) in [7, 11) is 0. The molecule has 0 aromatic rings. The summed E-state index contributed by atoms with van der Waals surface area (Å²) in [5, 5.41) is 139. The molecular weight excluding hydrogens is 897 g/mol. The van der Waals surface area contributed by atoms with Crippen molar-refractivity contribution in [2.24, 2.45) is 50.2 Å². The predicted octanol–water partition coefficient (Wildman–Crippen LogP) is -1.92. The standard InChI is InChI=1S/C48H78O20/c1-43(2)11-13-48(42(62)68-40-36(61)33(58)30(55)25(18-50)64-40)14-12-46(5)21(22(48)15-43)7-8-28-44(3)16-23(53)38(45(4,20-52)27(44)9-10-47(28,46)6)67-41-37(34(59)31(56)26(19-51)65-41)66-39-35(60)32(57)29(54)24(17-49)63-39/h7,22-41,49-61H,8-20H2,1-6H3/t22-,23-,24+,25+,26+,27+,28+,29+,30+,31+,32-,33-,34-,35+,36+,37+,38-,39-,40-,41-,44-,45-,46+,47+,48-/m0/s1. The first kappa shape index (κ1) is 52.8. The van der Waals surface area contributed by atoms with Crippen LogP contribution in [-0.4, -0.2) is 203 Å². The molecule has 0 bridgehead atoms. The minimum Gasteiger partial charge on any atom is -0.432 e. The summed E-state index contributed by atoms with van der Waals surface area (Å²) in [6, 6.07) is 0. The Kier molecular flexibility index (Phi) is 14.6. The largest absolute Gasteiger partial charge is 0.432 e. The minimum absolute atomic E-state index is 0.0296. The molecule has 4 saturated carbocycles. The molecule has 20 nitrogen and oxygen atoms in total. The zero-order chi connectivity index (χ0) is 49.8. The number of rotatable bonds is 10. The lowest BCUT2D eigenvalue weighted by Gasteiger charge is -2.72. The number of fused-ring (bicyclic) bond motifs is 7. The van der Waals surface area contributed by atoms with Crippen LogP contribution in [0.1, 0.15) is 99.3 Å². The fourth-order valence-electron chi connectivity index (χ4n) is 15.2. The van der Waals surface area contributed by atoms with E-state index in [-0.39, 0.29) is 35.0 Å². The number of carbonyl (C=O) groups is 1. The van der Waals surface area contributed by atoms with Crippen molar-refractivity contribution in [2.75, 3.05) is 26.4 Å². The molecule has 0 aromatic carbocycles. The van der Waals surface area contributed by atoms with Gasteiger partial charge < -0.3 is 94.8 Å². The van der Waals surface area contributed by atoms with Gasteiger partial charge in [0.05, 0.1) is 44.1 Å². The van der Waals surface area contributed by atoms with Crippen LogP contribution >= 0.6 is 0 Å². The molecule has 13 N–H and O–H groups in total. The van der Waals surface area contributed by atoms with Crippen LogP contribution < -0.4 is 0 Å². The Labute approximate surface area is 396 Å². The third kappa shape index (κ3) is 8.07. The Morgan fingerprint density at radius 1 is 0.618 bits per heavy atom. The summed E-state index contributed by atoms with van der Waals surface area (Å²) in [4.78, 5) is 14.7. The second-order valence-corrected chi connectivity index (χ2v) is 23.5. The molecule has 3 heterocycles. The van der Waals surface area contributed by atoms with Crippen LogP contribution in [0.3, 0.4) is 0 Å². The second-order valence-electron chi connectivity index (χ2n) is 23.5. The van der Waals surface area contributed by atoms with Crippen molar-refractivity contribution in [2.45, 2.75) is 204 Å². The highest BCUT2D eigenvalue weighted by Crippen LogP contribution is 2.76. The number of carbonyl (C=O) groups excluding carboxylic acids is 1. The summed E-state index contributed by atoms with van der Waals surface area (Å²) in [6.07, 6.45) is -19.6.